The number of epoxide rings is 1. The topological polar surface area (TPSA) is 38.8 Å². The number of carbonyl (C=O) groups is 1. The molecule has 170 valence electrons. The molecule has 0 radical (unpaired) electrons. The summed E-state index contributed by atoms with van der Waals surface area (Å²) < 4.78 is 12.9. The first-order chi connectivity index (χ1) is 16.0. The highest BCUT2D eigenvalue weighted by Crippen LogP contribution is 2.66. The normalized spacial score (nSPS) is 22.0. The van der Waals surface area contributed by atoms with Gasteiger partial charge in [0, 0.05) is 0 Å². The Balaban J connectivity index is 1.66. The lowest BCUT2D eigenvalue weighted by Crippen LogP contribution is -2.36. The molecule has 1 unspecified atom stereocenters. The van der Waals surface area contributed by atoms with Gasteiger partial charge in [-0.15, -0.1) is 0 Å². The van der Waals surface area contributed by atoms with Crippen molar-refractivity contribution >= 4 is 5.97 Å². The maximum absolute atomic E-state index is 14.0. The third-order valence-electron chi connectivity index (χ3n) is 7.25. The van der Waals surface area contributed by atoms with Gasteiger partial charge in [-0.05, 0) is 63.1 Å². The molecular formula is C30H32O3. The van der Waals surface area contributed by atoms with Crippen LogP contribution in [-0.4, -0.2) is 12.1 Å². The van der Waals surface area contributed by atoms with Gasteiger partial charge in [0.25, 0.3) is 0 Å². The first-order valence-electron chi connectivity index (χ1n) is 12.1. The molecule has 3 aromatic rings. The van der Waals surface area contributed by atoms with Crippen LogP contribution in [0, 0.1) is 20.8 Å². The highest BCUT2D eigenvalue weighted by molar-refractivity contribution is 5.89. The zero-order chi connectivity index (χ0) is 23.1. The molecular weight excluding hydrogens is 408 g/mol. The molecule has 5 rings (SSSR count). The molecule has 3 heteroatoms. The fourth-order valence-electron chi connectivity index (χ4n) is 5.24. The van der Waals surface area contributed by atoms with E-state index in [0.29, 0.717) is 0 Å². The SMILES string of the molecule is Cc1ccc(C2(C(=O)OC3CCCCC3)OC2(c2ccc(C)cc2)c2ccc(C)cc2)cc1. The lowest BCUT2D eigenvalue weighted by atomic mass is 9.76. The zero-order valence-corrected chi connectivity index (χ0v) is 19.8. The van der Waals surface area contributed by atoms with Crippen LogP contribution < -0.4 is 0 Å². The van der Waals surface area contributed by atoms with Gasteiger partial charge in [0.05, 0.1) is 0 Å². The molecule has 1 heterocycles. The van der Waals surface area contributed by atoms with E-state index in [1.165, 1.54) is 17.5 Å². The first-order valence-corrected chi connectivity index (χ1v) is 12.1. The third kappa shape index (κ3) is 3.69. The summed E-state index contributed by atoms with van der Waals surface area (Å²) >= 11 is 0. The second-order valence-electron chi connectivity index (χ2n) is 9.73. The Morgan fingerprint density at radius 1 is 0.697 bits per heavy atom. The summed E-state index contributed by atoms with van der Waals surface area (Å²) in [7, 11) is 0. The average molecular weight is 441 g/mol. The molecule has 2 aliphatic rings. The minimum atomic E-state index is -1.21. The van der Waals surface area contributed by atoms with E-state index in [-0.39, 0.29) is 12.1 Å². The lowest BCUT2D eigenvalue weighted by Gasteiger charge is -2.26. The van der Waals surface area contributed by atoms with Gasteiger partial charge in [0.2, 0.25) is 5.60 Å². The number of benzene rings is 3. The molecule has 0 aromatic heterocycles. The van der Waals surface area contributed by atoms with Gasteiger partial charge in [-0.25, -0.2) is 4.79 Å². The Kier molecular flexibility index (Phi) is 5.62. The van der Waals surface area contributed by atoms with Crippen LogP contribution in [0.4, 0.5) is 0 Å². The fraction of sp³-hybridized carbons (Fsp3) is 0.367. The molecule has 2 fully saturated rings. The fourth-order valence-corrected chi connectivity index (χ4v) is 5.24. The Bertz CT molecular complexity index is 1080. The van der Waals surface area contributed by atoms with Crippen LogP contribution in [0.2, 0.25) is 0 Å². The van der Waals surface area contributed by atoms with Crippen molar-refractivity contribution in [3.63, 3.8) is 0 Å². The summed E-state index contributed by atoms with van der Waals surface area (Å²) in [5.74, 6) is -0.278. The van der Waals surface area contributed by atoms with Gasteiger partial charge in [0.1, 0.15) is 6.10 Å². The van der Waals surface area contributed by atoms with E-state index in [1.54, 1.807) is 0 Å². The number of rotatable bonds is 5. The largest absolute Gasteiger partial charge is 0.460 e. The Hall–Kier alpha value is -2.91. The highest BCUT2D eigenvalue weighted by atomic mass is 16.7. The molecule has 0 bridgehead atoms. The Morgan fingerprint density at radius 2 is 1.12 bits per heavy atom. The molecule has 1 aliphatic heterocycles. The van der Waals surface area contributed by atoms with E-state index in [1.807, 2.05) is 24.3 Å². The van der Waals surface area contributed by atoms with Crippen LogP contribution in [-0.2, 0) is 25.5 Å². The van der Waals surface area contributed by atoms with Crippen molar-refractivity contribution in [2.75, 3.05) is 0 Å². The standard InChI is InChI=1S/C30H32O3/c1-21-9-15-24(16-10-21)29(25-17-11-22(2)12-18-25)30(33-29,26-19-13-23(3)14-20-26)28(31)32-27-7-5-4-6-8-27/h9-20,27H,4-8H2,1-3H3. The van der Waals surface area contributed by atoms with Gasteiger partial charge in [0.15, 0.2) is 5.60 Å². The second-order valence-corrected chi connectivity index (χ2v) is 9.73. The van der Waals surface area contributed by atoms with Crippen molar-refractivity contribution in [1.29, 1.82) is 0 Å². The molecule has 1 saturated carbocycles. The molecule has 3 nitrogen and oxygen atoms in total. The molecule has 33 heavy (non-hydrogen) atoms. The minimum absolute atomic E-state index is 0.0356. The molecule has 1 aliphatic carbocycles. The third-order valence-corrected chi connectivity index (χ3v) is 7.25. The van der Waals surface area contributed by atoms with E-state index >= 15 is 0 Å². The smallest absolute Gasteiger partial charge is 0.347 e. The number of esters is 1. The van der Waals surface area contributed by atoms with Gasteiger partial charge < -0.3 is 9.47 Å². The Morgan fingerprint density at radius 3 is 1.58 bits per heavy atom. The summed E-state index contributed by atoms with van der Waals surface area (Å²) in [6, 6.07) is 24.8. The van der Waals surface area contributed by atoms with E-state index in [9.17, 15) is 4.79 Å². The van der Waals surface area contributed by atoms with Crippen LogP contribution >= 0.6 is 0 Å². The van der Waals surface area contributed by atoms with Crippen LogP contribution in [0.1, 0.15) is 65.5 Å². The van der Waals surface area contributed by atoms with Gasteiger partial charge in [-0.3, -0.25) is 0 Å². The van der Waals surface area contributed by atoms with Crippen LogP contribution in [0.25, 0.3) is 0 Å². The summed E-state index contributed by atoms with van der Waals surface area (Å²) in [6.07, 6.45) is 5.25. The summed E-state index contributed by atoms with van der Waals surface area (Å²) in [6.45, 7) is 6.19. The lowest BCUT2D eigenvalue weighted by molar-refractivity contribution is -0.157. The predicted octanol–water partition coefficient (Wildman–Crippen LogP) is 6.66. The predicted molar refractivity (Wildman–Crippen MR) is 130 cm³/mol. The van der Waals surface area contributed by atoms with Crippen molar-refractivity contribution in [3.8, 4) is 0 Å². The summed E-state index contributed by atoms with van der Waals surface area (Å²) in [5, 5.41) is 0. The molecule has 1 saturated heterocycles. The van der Waals surface area contributed by atoms with Crippen molar-refractivity contribution in [1.82, 2.24) is 0 Å². The van der Waals surface area contributed by atoms with Crippen molar-refractivity contribution < 1.29 is 14.3 Å². The van der Waals surface area contributed by atoms with Crippen LogP contribution in [0.3, 0.4) is 0 Å². The maximum Gasteiger partial charge on any atom is 0.347 e. The second kappa shape index (κ2) is 8.46. The van der Waals surface area contributed by atoms with E-state index in [0.717, 1.165) is 47.9 Å². The van der Waals surface area contributed by atoms with E-state index < -0.39 is 11.2 Å². The molecule has 3 aromatic carbocycles. The van der Waals surface area contributed by atoms with Gasteiger partial charge in [-0.1, -0.05) is 95.9 Å². The van der Waals surface area contributed by atoms with E-state index in [4.69, 9.17) is 9.47 Å². The molecule has 0 N–H and O–H groups in total. The number of hydrogen-bond acceptors (Lipinski definition) is 3. The zero-order valence-electron chi connectivity index (χ0n) is 19.8. The number of aryl methyl sites for hydroxylation is 3. The highest BCUT2D eigenvalue weighted by Gasteiger charge is 2.78. The number of hydrogen-bond donors (Lipinski definition) is 0. The van der Waals surface area contributed by atoms with Gasteiger partial charge >= 0.3 is 5.97 Å². The molecule has 0 amide bonds. The minimum Gasteiger partial charge on any atom is -0.460 e. The summed E-state index contributed by atoms with van der Waals surface area (Å²) in [4.78, 5) is 14.0. The van der Waals surface area contributed by atoms with E-state index in [2.05, 4.69) is 69.3 Å². The van der Waals surface area contributed by atoms with Crippen molar-refractivity contribution in [2.45, 2.75) is 70.2 Å². The maximum atomic E-state index is 14.0. The first kappa shape index (κ1) is 21.9. The monoisotopic (exact) mass is 440 g/mol. The average Bonchev–Trinajstić information content (AvgIpc) is 3.54. The van der Waals surface area contributed by atoms with Crippen molar-refractivity contribution in [2.24, 2.45) is 0 Å². The quantitative estimate of drug-likeness (QED) is 0.329. The number of ether oxygens (including phenoxy) is 2. The van der Waals surface area contributed by atoms with Gasteiger partial charge in [-0.2, -0.15) is 0 Å². The Labute approximate surface area is 196 Å². The summed E-state index contributed by atoms with van der Waals surface area (Å²) in [5.41, 5.74) is 4.14. The molecule has 1 atom stereocenters. The van der Waals surface area contributed by atoms with Crippen LogP contribution in [0.15, 0.2) is 72.8 Å². The number of carbonyl (C=O) groups excluding carboxylic acids is 1. The van der Waals surface area contributed by atoms with Crippen molar-refractivity contribution in [3.05, 3.63) is 106 Å². The van der Waals surface area contributed by atoms with Crippen LogP contribution in [0.5, 0.6) is 0 Å². The molecule has 0 spiro atoms.